The molecular formula is C40H54N2O12Si. The van der Waals surface area contributed by atoms with Crippen LogP contribution in [0, 0.1) is 41.5 Å². The lowest BCUT2D eigenvalue weighted by molar-refractivity contribution is -0.158. The summed E-state index contributed by atoms with van der Waals surface area (Å²) in [5.74, 6) is -3.14. The molecule has 2 aromatic carbocycles. The second-order valence-electron chi connectivity index (χ2n) is 15.3. The van der Waals surface area contributed by atoms with E-state index in [-0.39, 0.29) is 5.04 Å². The van der Waals surface area contributed by atoms with Crippen LogP contribution in [0.1, 0.15) is 94.4 Å². The first-order valence-electron chi connectivity index (χ1n) is 18.0. The Morgan fingerprint density at radius 1 is 0.818 bits per heavy atom. The number of aromatic nitrogens is 2. The Morgan fingerprint density at radius 2 is 1.29 bits per heavy atom. The number of rotatable bonds is 11. The van der Waals surface area contributed by atoms with Crippen LogP contribution >= 0.6 is 0 Å². The number of esters is 3. The summed E-state index contributed by atoms with van der Waals surface area (Å²) < 4.78 is 29.8. The fourth-order valence-corrected chi connectivity index (χ4v) is 6.87. The highest BCUT2D eigenvalue weighted by Crippen LogP contribution is 2.42. The Labute approximate surface area is 322 Å². The van der Waals surface area contributed by atoms with Gasteiger partial charge >= 0.3 is 29.6 Å². The zero-order valence-electron chi connectivity index (χ0n) is 33.8. The highest BCUT2D eigenvalue weighted by Gasteiger charge is 2.52. The van der Waals surface area contributed by atoms with Gasteiger partial charge in [0.05, 0.1) is 17.2 Å². The molecule has 1 saturated heterocycles. The zero-order chi connectivity index (χ0) is 41.6. The number of ether oxygens (including phenoxy) is 4. The van der Waals surface area contributed by atoms with Gasteiger partial charge < -0.3 is 28.5 Å². The van der Waals surface area contributed by atoms with Gasteiger partial charge in [-0.05, 0) is 124 Å². The first kappa shape index (κ1) is 44.5. The average Bonchev–Trinajstić information content (AvgIpc) is 3.41. The Hall–Kier alpha value is -4.86. The van der Waals surface area contributed by atoms with Gasteiger partial charge in [0.25, 0.3) is 5.56 Å². The summed E-state index contributed by atoms with van der Waals surface area (Å²) in [5.41, 5.74) is 5.64. The number of aliphatic carboxylic acids is 1. The summed E-state index contributed by atoms with van der Waals surface area (Å²) in [4.78, 5) is 73.9. The fourth-order valence-electron chi connectivity index (χ4n) is 5.58. The molecule has 0 amide bonds. The molecule has 2 N–H and O–H groups in total. The first-order chi connectivity index (χ1) is 25.5. The van der Waals surface area contributed by atoms with Crippen molar-refractivity contribution >= 4 is 32.2 Å². The highest BCUT2D eigenvalue weighted by molar-refractivity contribution is 6.74. The molecule has 14 nitrogen and oxygen atoms in total. The van der Waals surface area contributed by atoms with Gasteiger partial charge in [-0.25, -0.2) is 24.0 Å². The molecule has 0 aliphatic carbocycles. The monoisotopic (exact) mass is 782 g/mol. The normalized spacial score (nSPS) is 18.2. The maximum absolute atomic E-state index is 12.9. The van der Waals surface area contributed by atoms with Gasteiger partial charge in [-0.2, -0.15) is 0 Å². The SMILES string of the molecule is CCC1OC(n2ccc(=O)[nH]c2=O)C(O[Si](C)(C)C(C)(C)C)C1OC(=O)COC(=O)c1cc(C)c(C)c(C)c1.Cc1cc(C(=O)OCC(=O)O)cc(C)c1C. The van der Waals surface area contributed by atoms with E-state index < -0.39 is 81.2 Å². The number of hydrogen-bond acceptors (Lipinski definition) is 11. The molecule has 2 heterocycles. The standard InChI is InChI=1S/C28H40N2O8Si.C12H14O4/c1-10-20-23(37-22(32)15-35-26(33)19-13-16(2)18(4)17(3)14-19)24(38-39(8,9)28(5,6)7)25(36-20)30-12-11-21(31)29-27(30)34;1-7-4-10(5-8(2)9(7)3)12(15)16-6-11(13)14/h11-14,20,23-25H,10,15H2,1-9H3,(H,29,31,34);4-5H,6H2,1-3H3,(H,13,14). The number of carbonyl (C=O) groups excluding carboxylic acids is 3. The van der Waals surface area contributed by atoms with Crippen LogP contribution in [0.5, 0.6) is 0 Å². The smallest absolute Gasteiger partial charge is 0.344 e. The number of aryl methyl sites for hydroxylation is 4. The van der Waals surface area contributed by atoms with Gasteiger partial charge in [0, 0.05) is 12.3 Å². The number of nitrogens with zero attached hydrogens (tertiary/aromatic N) is 1. The molecule has 300 valence electrons. The Kier molecular flexibility index (Phi) is 14.7. The van der Waals surface area contributed by atoms with Crippen LogP contribution in [-0.4, -0.2) is 78.4 Å². The summed E-state index contributed by atoms with van der Waals surface area (Å²) in [6, 6.07) is 8.08. The molecule has 4 rings (SSSR count). The Bertz CT molecular complexity index is 1980. The van der Waals surface area contributed by atoms with Crippen molar-refractivity contribution in [1.29, 1.82) is 0 Å². The van der Waals surface area contributed by atoms with Crippen molar-refractivity contribution in [2.45, 2.75) is 118 Å². The quantitative estimate of drug-likeness (QED) is 0.136. The third-order valence-corrected chi connectivity index (χ3v) is 14.8. The number of nitrogens with one attached hydrogen (secondary N) is 1. The predicted molar refractivity (Wildman–Crippen MR) is 207 cm³/mol. The van der Waals surface area contributed by atoms with Crippen molar-refractivity contribution in [2.24, 2.45) is 0 Å². The lowest BCUT2D eigenvalue weighted by atomic mass is 10.0. The van der Waals surface area contributed by atoms with Crippen molar-refractivity contribution in [3.05, 3.63) is 102 Å². The molecule has 0 saturated carbocycles. The van der Waals surface area contributed by atoms with Crippen LogP contribution in [-0.2, 0) is 33.0 Å². The van der Waals surface area contributed by atoms with Gasteiger partial charge in [-0.15, -0.1) is 0 Å². The van der Waals surface area contributed by atoms with Crippen molar-refractivity contribution in [1.82, 2.24) is 9.55 Å². The van der Waals surface area contributed by atoms with E-state index in [4.69, 9.17) is 23.7 Å². The fraction of sp³-hybridized carbons (Fsp3) is 0.500. The maximum Gasteiger partial charge on any atom is 0.344 e. The zero-order valence-corrected chi connectivity index (χ0v) is 34.8. The van der Waals surface area contributed by atoms with Crippen LogP contribution in [0.2, 0.25) is 18.1 Å². The second-order valence-corrected chi connectivity index (χ2v) is 20.1. The molecule has 1 aliphatic heterocycles. The minimum Gasteiger partial charge on any atom is -0.479 e. The topological polar surface area (TPSA) is 190 Å². The number of carboxylic acids is 1. The van der Waals surface area contributed by atoms with E-state index in [0.717, 1.165) is 33.4 Å². The van der Waals surface area contributed by atoms with Gasteiger partial charge in [0.15, 0.2) is 33.9 Å². The second kappa shape index (κ2) is 18.2. The Balaban J connectivity index is 0.000000424. The maximum atomic E-state index is 12.9. The van der Waals surface area contributed by atoms with Gasteiger partial charge in [-0.1, -0.05) is 27.7 Å². The first-order valence-corrected chi connectivity index (χ1v) is 20.9. The van der Waals surface area contributed by atoms with Crippen molar-refractivity contribution in [3.63, 3.8) is 0 Å². The van der Waals surface area contributed by atoms with Crippen LogP contribution in [0.3, 0.4) is 0 Å². The Morgan fingerprint density at radius 3 is 1.71 bits per heavy atom. The molecule has 1 fully saturated rings. The lowest BCUT2D eigenvalue weighted by Crippen LogP contribution is -2.50. The molecule has 55 heavy (non-hydrogen) atoms. The van der Waals surface area contributed by atoms with E-state index in [1.54, 1.807) is 24.3 Å². The van der Waals surface area contributed by atoms with Crippen molar-refractivity contribution in [3.8, 4) is 0 Å². The molecule has 4 atom stereocenters. The molecule has 3 aromatic rings. The van der Waals surface area contributed by atoms with Gasteiger partial charge in [-0.3, -0.25) is 14.3 Å². The summed E-state index contributed by atoms with van der Waals surface area (Å²) in [6.45, 7) is 22.5. The summed E-state index contributed by atoms with van der Waals surface area (Å²) in [7, 11) is -2.45. The summed E-state index contributed by atoms with van der Waals surface area (Å²) in [6.07, 6.45) is -1.42. The molecule has 0 bridgehead atoms. The largest absolute Gasteiger partial charge is 0.479 e. The third-order valence-electron chi connectivity index (χ3n) is 10.3. The predicted octanol–water partition coefficient (Wildman–Crippen LogP) is 5.78. The number of hydrogen-bond donors (Lipinski definition) is 2. The van der Waals surface area contributed by atoms with Crippen LogP contribution in [0.25, 0.3) is 0 Å². The van der Waals surface area contributed by atoms with Crippen molar-refractivity contribution in [2.75, 3.05) is 13.2 Å². The van der Waals surface area contributed by atoms with Gasteiger partial charge in [0.1, 0.15) is 6.10 Å². The number of carbonyl (C=O) groups is 4. The van der Waals surface area contributed by atoms with E-state index in [2.05, 4.69) is 30.5 Å². The lowest BCUT2D eigenvalue weighted by Gasteiger charge is -2.40. The number of benzene rings is 2. The van der Waals surface area contributed by atoms with Gasteiger partial charge in [0.2, 0.25) is 0 Å². The van der Waals surface area contributed by atoms with E-state index >= 15 is 0 Å². The molecule has 4 unspecified atom stereocenters. The summed E-state index contributed by atoms with van der Waals surface area (Å²) in [5, 5.41) is 8.20. The highest BCUT2D eigenvalue weighted by atomic mass is 28.4. The summed E-state index contributed by atoms with van der Waals surface area (Å²) >= 11 is 0. The van der Waals surface area contributed by atoms with Crippen LogP contribution < -0.4 is 11.2 Å². The van der Waals surface area contributed by atoms with Crippen molar-refractivity contribution < 1.29 is 47.7 Å². The molecular weight excluding hydrogens is 729 g/mol. The molecule has 15 heteroatoms. The minimum absolute atomic E-state index is 0.188. The molecule has 1 aliphatic rings. The van der Waals surface area contributed by atoms with E-state index in [0.29, 0.717) is 17.5 Å². The molecule has 0 spiro atoms. The number of H-pyrrole nitrogens is 1. The molecule has 0 radical (unpaired) electrons. The number of carboxylic acid groups (broad SMARTS) is 1. The minimum atomic E-state index is -2.45. The van der Waals surface area contributed by atoms with E-state index in [9.17, 15) is 28.8 Å². The van der Waals surface area contributed by atoms with E-state index in [1.165, 1.54) is 16.8 Å². The third kappa shape index (κ3) is 11.3. The number of aromatic amines is 1. The van der Waals surface area contributed by atoms with E-state index in [1.807, 2.05) is 61.6 Å². The van der Waals surface area contributed by atoms with Crippen LogP contribution in [0.4, 0.5) is 0 Å². The van der Waals surface area contributed by atoms with Crippen LogP contribution in [0.15, 0.2) is 46.1 Å². The average molecular weight is 783 g/mol. The molecule has 1 aromatic heterocycles.